The van der Waals surface area contributed by atoms with Gasteiger partial charge in [0, 0.05) is 0 Å². The first-order valence-corrected chi connectivity index (χ1v) is 3.77. The predicted molar refractivity (Wildman–Crippen MR) is 45.2 cm³/mol. The lowest BCUT2D eigenvalue weighted by Crippen LogP contribution is -2.55. The van der Waals surface area contributed by atoms with E-state index in [1.54, 1.807) is 12.3 Å². The molecular formula is C8H12N2O2. The van der Waals surface area contributed by atoms with Gasteiger partial charge in [-0.05, 0) is 24.8 Å². The third-order valence-corrected chi connectivity index (χ3v) is 1.97. The zero-order valence-electron chi connectivity index (χ0n) is 6.87. The Morgan fingerprint density at radius 1 is 1.83 bits per heavy atom. The molecule has 0 amide bonds. The highest BCUT2D eigenvalue weighted by atomic mass is 16.4. The van der Waals surface area contributed by atoms with E-state index in [-0.39, 0.29) is 5.57 Å². The fourth-order valence-corrected chi connectivity index (χ4v) is 1.12. The van der Waals surface area contributed by atoms with Crippen molar-refractivity contribution in [1.82, 2.24) is 5.32 Å². The van der Waals surface area contributed by atoms with Crippen LogP contribution in [0.5, 0.6) is 0 Å². The minimum absolute atomic E-state index is 0.201. The Balaban J connectivity index is 2.98. The molecule has 66 valence electrons. The number of dihydropyridines is 1. The molecule has 0 bridgehead atoms. The zero-order chi connectivity index (χ0) is 9.19. The number of carbonyl (C=O) groups is 1. The summed E-state index contributed by atoms with van der Waals surface area (Å²) in [5.74, 6) is -0.976. The number of rotatable bonds is 2. The molecule has 12 heavy (non-hydrogen) atoms. The van der Waals surface area contributed by atoms with Crippen LogP contribution >= 0.6 is 0 Å². The first-order chi connectivity index (χ1) is 5.60. The fourth-order valence-electron chi connectivity index (χ4n) is 1.12. The van der Waals surface area contributed by atoms with Crippen molar-refractivity contribution in [3.8, 4) is 0 Å². The second-order valence-electron chi connectivity index (χ2n) is 2.71. The van der Waals surface area contributed by atoms with Crippen molar-refractivity contribution in [3.63, 3.8) is 0 Å². The molecule has 0 aromatic heterocycles. The molecule has 1 aliphatic heterocycles. The summed E-state index contributed by atoms with van der Waals surface area (Å²) in [4.78, 5) is 10.7. The first kappa shape index (κ1) is 8.80. The van der Waals surface area contributed by atoms with E-state index < -0.39 is 11.6 Å². The van der Waals surface area contributed by atoms with Gasteiger partial charge < -0.3 is 16.2 Å². The van der Waals surface area contributed by atoms with Gasteiger partial charge in [-0.1, -0.05) is 6.92 Å². The van der Waals surface area contributed by atoms with Crippen LogP contribution in [0.3, 0.4) is 0 Å². The maximum absolute atomic E-state index is 10.7. The van der Waals surface area contributed by atoms with Crippen LogP contribution in [-0.4, -0.2) is 16.7 Å². The minimum Gasteiger partial charge on any atom is -0.478 e. The van der Waals surface area contributed by atoms with Gasteiger partial charge in [-0.3, -0.25) is 0 Å². The summed E-state index contributed by atoms with van der Waals surface area (Å²) >= 11 is 0. The molecule has 1 heterocycles. The smallest absolute Gasteiger partial charge is 0.335 e. The van der Waals surface area contributed by atoms with Gasteiger partial charge in [-0.2, -0.15) is 0 Å². The molecule has 0 aromatic rings. The Labute approximate surface area is 70.8 Å². The highest BCUT2D eigenvalue weighted by Crippen LogP contribution is 2.18. The summed E-state index contributed by atoms with van der Waals surface area (Å²) in [5, 5.41) is 11.6. The Bertz CT molecular complexity index is 258. The molecule has 1 rings (SSSR count). The SMILES string of the molecule is CCC1(N)NC=CC=C1C(=O)O. The quantitative estimate of drug-likeness (QED) is 0.549. The van der Waals surface area contributed by atoms with Gasteiger partial charge >= 0.3 is 5.97 Å². The van der Waals surface area contributed by atoms with Crippen molar-refractivity contribution in [1.29, 1.82) is 0 Å². The largest absolute Gasteiger partial charge is 0.478 e. The van der Waals surface area contributed by atoms with E-state index in [4.69, 9.17) is 10.8 Å². The van der Waals surface area contributed by atoms with Crippen molar-refractivity contribution in [2.24, 2.45) is 5.73 Å². The van der Waals surface area contributed by atoms with E-state index in [0.717, 1.165) is 0 Å². The fraction of sp³-hybridized carbons (Fsp3) is 0.375. The second kappa shape index (κ2) is 2.98. The Kier molecular flexibility index (Phi) is 2.19. The van der Waals surface area contributed by atoms with E-state index in [2.05, 4.69) is 5.32 Å². The van der Waals surface area contributed by atoms with Crippen LogP contribution in [0.4, 0.5) is 0 Å². The molecule has 1 aliphatic rings. The summed E-state index contributed by atoms with van der Waals surface area (Å²) in [7, 11) is 0. The normalized spacial score (nSPS) is 27.7. The minimum atomic E-state index is -0.976. The topological polar surface area (TPSA) is 75.3 Å². The lowest BCUT2D eigenvalue weighted by Gasteiger charge is -2.31. The van der Waals surface area contributed by atoms with Crippen molar-refractivity contribution >= 4 is 5.97 Å². The number of carboxylic acid groups (broad SMARTS) is 1. The van der Waals surface area contributed by atoms with E-state index in [9.17, 15) is 4.79 Å². The van der Waals surface area contributed by atoms with Crippen LogP contribution in [-0.2, 0) is 4.79 Å². The van der Waals surface area contributed by atoms with Crippen LogP contribution in [0.1, 0.15) is 13.3 Å². The standard InChI is InChI=1S/C8H12N2O2/c1-2-8(9)6(7(11)12)4-3-5-10-8/h3-5,10H,2,9H2,1H3,(H,11,12). The highest BCUT2D eigenvalue weighted by Gasteiger charge is 2.32. The average molecular weight is 168 g/mol. The maximum Gasteiger partial charge on any atom is 0.335 e. The van der Waals surface area contributed by atoms with Crippen LogP contribution in [0.15, 0.2) is 23.9 Å². The van der Waals surface area contributed by atoms with Gasteiger partial charge in [0.05, 0.1) is 5.57 Å². The number of carboxylic acids is 1. The molecular weight excluding hydrogens is 156 g/mol. The first-order valence-electron chi connectivity index (χ1n) is 3.77. The van der Waals surface area contributed by atoms with Crippen LogP contribution in [0.25, 0.3) is 0 Å². The molecule has 4 heteroatoms. The number of allylic oxidation sites excluding steroid dienone is 2. The van der Waals surface area contributed by atoms with Gasteiger partial charge in [0.2, 0.25) is 0 Å². The van der Waals surface area contributed by atoms with E-state index in [1.807, 2.05) is 6.92 Å². The number of hydrogen-bond donors (Lipinski definition) is 3. The third kappa shape index (κ3) is 1.33. The van der Waals surface area contributed by atoms with Gasteiger partial charge in [0.15, 0.2) is 0 Å². The number of aliphatic carboxylic acids is 1. The summed E-state index contributed by atoms with van der Waals surface area (Å²) in [6, 6.07) is 0. The summed E-state index contributed by atoms with van der Waals surface area (Å²) in [6.45, 7) is 1.84. The summed E-state index contributed by atoms with van der Waals surface area (Å²) < 4.78 is 0. The molecule has 0 radical (unpaired) electrons. The van der Waals surface area contributed by atoms with Crippen molar-refractivity contribution in [2.75, 3.05) is 0 Å². The maximum atomic E-state index is 10.7. The van der Waals surface area contributed by atoms with Crippen molar-refractivity contribution < 1.29 is 9.90 Å². The lowest BCUT2D eigenvalue weighted by atomic mass is 9.95. The molecule has 0 fully saturated rings. The average Bonchev–Trinajstić information content (AvgIpc) is 2.05. The van der Waals surface area contributed by atoms with Gasteiger partial charge in [-0.25, -0.2) is 4.79 Å². The predicted octanol–water partition coefficient (Wildman–Crippen LogP) is 0.179. The Morgan fingerprint density at radius 2 is 2.50 bits per heavy atom. The van der Waals surface area contributed by atoms with Crippen LogP contribution in [0, 0.1) is 0 Å². The summed E-state index contributed by atoms with van der Waals surface area (Å²) in [6.07, 6.45) is 5.33. The van der Waals surface area contributed by atoms with Crippen LogP contribution in [0.2, 0.25) is 0 Å². The van der Waals surface area contributed by atoms with Crippen molar-refractivity contribution in [2.45, 2.75) is 19.0 Å². The molecule has 1 atom stereocenters. The molecule has 4 nitrogen and oxygen atoms in total. The molecule has 0 aliphatic carbocycles. The molecule has 0 spiro atoms. The molecule has 1 unspecified atom stereocenters. The van der Waals surface area contributed by atoms with E-state index in [1.165, 1.54) is 6.08 Å². The second-order valence-corrected chi connectivity index (χ2v) is 2.71. The van der Waals surface area contributed by atoms with Gasteiger partial charge in [0.1, 0.15) is 5.66 Å². The molecule has 0 saturated heterocycles. The number of nitrogens with one attached hydrogen (secondary N) is 1. The van der Waals surface area contributed by atoms with Gasteiger partial charge in [0.25, 0.3) is 0 Å². The highest BCUT2D eigenvalue weighted by molar-refractivity contribution is 5.89. The number of nitrogens with two attached hydrogens (primary N) is 1. The molecule has 0 aromatic carbocycles. The molecule has 4 N–H and O–H groups in total. The lowest BCUT2D eigenvalue weighted by molar-refractivity contribution is -0.133. The van der Waals surface area contributed by atoms with Crippen LogP contribution < -0.4 is 11.1 Å². The van der Waals surface area contributed by atoms with Gasteiger partial charge in [-0.15, -0.1) is 0 Å². The Morgan fingerprint density at radius 3 is 2.92 bits per heavy atom. The molecule has 0 saturated carbocycles. The van der Waals surface area contributed by atoms with Crippen molar-refractivity contribution in [3.05, 3.63) is 23.9 Å². The Hall–Kier alpha value is -1.29. The number of hydrogen-bond acceptors (Lipinski definition) is 3. The monoisotopic (exact) mass is 168 g/mol. The van der Waals surface area contributed by atoms with E-state index in [0.29, 0.717) is 6.42 Å². The zero-order valence-corrected chi connectivity index (χ0v) is 6.87. The summed E-state index contributed by atoms with van der Waals surface area (Å²) in [5.41, 5.74) is 5.08. The van der Waals surface area contributed by atoms with E-state index >= 15 is 0 Å². The third-order valence-electron chi connectivity index (χ3n) is 1.97.